The number of alkyl halides is 3. The molecule has 3 atom stereocenters. The van der Waals surface area contributed by atoms with E-state index >= 15 is 0 Å². The summed E-state index contributed by atoms with van der Waals surface area (Å²) in [5, 5.41) is 9.06. The third-order valence-electron chi connectivity index (χ3n) is 4.58. The molecule has 0 amide bonds. The highest BCUT2D eigenvalue weighted by atomic mass is 19.4. The predicted octanol–water partition coefficient (Wildman–Crippen LogP) is 4.37. The van der Waals surface area contributed by atoms with Crippen molar-refractivity contribution in [3.8, 4) is 17.2 Å². The zero-order chi connectivity index (χ0) is 17.9. The van der Waals surface area contributed by atoms with Crippen LogP contribution < -0.4 is 9.47 Å². The number of carboxylic acids is 1. The van der Waals surface area contributed by atoms with Crippen LogP contribution in [0.15, 0.2) is 36.4 Å². The van der Waals surface area contributed by atoms with Gasteiger partial charge in [0.1, 0.15) is 29.3 Å². The molecular weight excluding hydrogens is 337 g/mol. The van der Waals surface area contributed by atoms with Crippen LogP contribution in [0.5, 0.6) is 17.2 Å². The Kier molecular flexibility index (Phi) is 3.25. The van der Waals surface area contributed by atoms with Crippen molar-refractivity contribution in [3.05, 3.63) is 53.1 Å². The predicted molar refractivity (Wildman–Crippen MR) is 81.0 cm³/mol. The molecule has 2 aliphatic rings. The lowest BCUT2D eigenvalue weighted by Gasteiger charge is -2.13. The van der Waals surface area contributed by atoms with E-state index < -0.39 is 23.6 Å². The largest absolute Gasteiger partial charge is 0.488 e. The average molecular weight is 350 g/mol. The van der Waals surface area contributed by atoms with Crippen LogP contribution in [0.25, 0.3) is 0 Å². The van der Waals surface area contributed by atoms with E-state index in [1.807, 2.05) is 0 Å². The molecular formula is C18H13F3O4. The topological polar surface area (TPSA) is 55.8 Å². The lowest BCUT2D eigenvalue weighted by Crippen LogP contribution is -2.08. The van der Waals surface area contributed by atoms with Crippen LogP contribution in [0.3, 0.4) is 0 Å². The highest BCUT2D eigenvalue weighted by Crippen LogP contribution is 2.58. The average Bonchev–Trinajstić information content (AvgIpc) is 3.12. The van der Waals surface area contributed by atoms with E-state index in [0.717, 1.165) is 17.7 Å². The Hall–Kier alpha value is -2.70. The number of halogens is 3. The van der Waals surface area contributed by atoms with Crippen molar-refractivity contribution in [1.82, 2.24) is 0 Å². The summed E-state index contributed by atoms with van der Waals surface area (Å²) in [6.45, 7) is 1.54. The lowest BCUT2D eigenvalue weighted by molar-refractivity contribution is -0.139. The zero-order valence-corrected chi connectivity index (χ0v) is 13.0. The van der Waals surface area contributed by atoms with E-state index in [-0.39, 0.29) is 12.0 Å². The second-order valence-electron chi connectivity index (χ2n) is 6.25. The Morgan fingerprint density at radius 1 is 1.20 bits per heavy atom. The zero-order valence-electron chi connectivity index (χ0n) is 13.0. The molecule has 0 saturated heterocycles. The summed E-state index contributed by atoms with van der Waals surface area (Å²) in [5.74, 6) is -0.198. The first kappa shape index (κ1) is 15.8. The number of aliphatic carboxylic acids is 1. The number of rotatable bonds is 3. The number of carboxylic acid groups (broad SMARTS) is 1. The molecule has 25 heavy (non-hydrogen) atoms. The van der Waals surface area contributed by atoms with Gasteiger partial charge in [0.2, 0.25) is 0 Å². The SMILES string of the molecule is Cc1cc(C(F)(F)F)ccc1Oc1ccc2c(c1)OC1C(C(=O)O)C21. The first-order valence-corrected chi connectivity index (χ1v) is 7.65. The first-order chi connectivity index (χ1) is 11.8. The van der Waals surface area contributed by atoms with Crippen molar-refractivity contribution in [1.29, 1.82) is 0 Å². The van der Waals surface area contributed by atoms with E-state index in [9.17, 15) is 18.0 Å². The number of fused-ring (bicyclic) bond motifs is 3. The van der Waals surface area contributed by atoms with E-state index in [4.69, 9.17) is 14.6 Å². The summed E-state index contributed by atoms with van der Waals surface area (Å²) in [6, 6.07) is 8.34. The number of ether oxygens (including phenoxy) is 2. The van der Waals surface area contributed by atoms with Gasteiger partial charge in [-0.15, -0.1) is 0 Å². The molecule has 7 heteroatoms. The molecule has 0 spiro atoms. The van der Waals surface area contributed by atoms with Crippen molar-refractivity contribution >= 4 is 5.97 Å². The van der Waals surface area contributed by atoms with Crippen LogP contribution in [0, 0.1) is 12.8 Å². The highest BCUT2D eigenvalue weighted by Gasteiger charge is 2.63. The molecule has 0 radical (unpaired) electrons. The minimum Gasteiger partial charge on any atom is -0.488 e. The summed E-state index contributed by atoms with van der Waals surface area (Å²) in [4.78, 5) is 11.0. The second-order valence-corrected chi connectivity index (χ2v) is 6.25. The molecule has 0 aromatic heterocycles. The molecule has 130 valence electrons. The molecule has 4 nitrogen and oxygen atoms in total. The second kappa shape index (κ2) is 5.15. The van der Waals surface area contributed by atoms with Gasteiger partial charge in [0.05, 0.1) is 5.56 Å². The van der Waals surface area contributed by atoms with Crippen molar-refractivity contribution in [2.24, 2.45) is 5.92 Å². The normalized spacial score (nSPS) is 23.4. The molecule has 4 rings (SSSR count). The Balaban J connectivity index is 1.55. The maximum Gasteiger partial charge on any atom is 0.416 e. The third kappa shape index (κ3) is 2.59. The Morgan fingerprint density at radius 2 is 1.96 bits per heavy atom. The van der Waals surface area contributed by atoms with Crippen molar-refractivity contribution < 1.29 is 32.5 Å². The summed E-state index contributed by atoms with van der Waals surface area (Å²) in [6.07, 6.45) is -4.73. The van der Waals surface area contributed by atoms with Crippen LogP contribution >= 0.6 is 0 Å². The molecule has 1 aliphatic heterocycles. The van der Waals surface area contributed by atoms with Gasteiger partial charge in [0.25, 0.3) is 0 Å². The first-order valence-electron chi connectivity index (χ1n) is 7.65. The van der Waals surface area contributed by atoms with Gasteiger partial charge in [-0.2, -0.15) is 13.2 Å². The van der Waals surface area contributed by atoms with Crippen LogP contribution in [0.1, 0.15) is 22.6 Å². The van der Waals surface area contributed by atoms with E-state index in [1.54, 1.807) is 25.1 Å². The van der Waals surface area contributed by atoms with Gasteiger partial charge in [-0.3, -0.25) is 4.79 Å². The Bertz CT molecular complexity index is 875. The summed E-state index contributed by atoms with van der Waals surface area (Å²) in [7, 11) is 0. The van der Waals surface area contributed by atoms with Gasteiger partial charge in [0, 0.05) is 17.5 Å². The van der Waals surface area contributed by atoms with Gasteiger partial charge in [0.15, 0.2) is 0 Å². The summed E-state index contributed by atoms with van der Waals surface area (Å²) in [5.41, 5.74) is 0.466. The molecule has 0 bridgehead atoms. The number of aryl methyl sites for hydroxylation is 1. The molecule has 1 heterocycles. The van der Waals surface area contributed by atoms with Gasteiger partial charge < -0.3 is 14.6 Å². The molecule has 2 aromatic carbocycles. The number of hydrogen-bond acceptors (Lipinski definition) is 3. The van der Waals surface area contributed by atoms with Gasteiger partial charge in [-0.25, -0.2) is 0 Å². The van der Waals surface area contributed by atoms with E-state index in [1.165, 1.54) is 6.07 Å². The van der Waals surface area contributed by atoms with Crippen LogP contribution in [-0.4, -0.2) is 17.2 Å². The van der Waals surface area contributed by atoms with Crippen LogP contribution in [-0.2, 0) is 11.0 Å². The fourth-order valence-electron chi connectivity index (χ4n) is 3.26. The van der Waals surface area contributed by atoms with Crippen LogP contribution in [0.2, 0.25) is 0 Å². The quantitative estimate of drug-likeness (QED) is 0.893. The fourth-order valence-corrected chi connectivity index (χ4v) is 3.26. The van der Waals surface area contributed by atoms with Crippen molar-refractivity contribution in [2.75, 3.05) is 0 Å². The fraction of sp³-hybridized carbons (Fsp3) is 0.278. The maximum atomic E-state index is 12.7. The van der Waals surface area contributed by atoms with Gasteiger partial charge in [-0.1, -0.05) is 6.07 Å². The molecule has 1 aliphatic carbocycles. The van der Waals surface area contributed by atoms with Gasteiger partial charge in [-0.05, 0) is 36.8 Å². The van der Waals surface area contributed by atoms with Crippen molar-refractivity contribution in [2.45, 2.75) is 25.1 Å². The Labute approximate surface area is 140 Å². The summed E-state index contributed by atoms with van der Waals surface area (Å²) < 4.78 is 49.4. The number of hydrogen-bond donors (Lipinski definition) is 1. The molecule has 1 saturated carbocycles. The van der Waals surface area contributed by atoms with Gasteiger partial charge >= 0.3 is 12.1 Å². The Morgan fingerprint density at radius 3 is 2.60 bits per heavy atom. The van der Waals surface area contributed by atoms with E-state index in [2.05, 4.69) is 0 Å². The molecule has 1 fully saturated rings. The molecule has 1 N–H and O–H groups in total. The summed E-state index contributed by atoms with van der Waals surface area (Å²) >= 11 is 0. The lowest BCUT2D eigenvalue weighted by atomic mass is 10.1. The minimum atomic E-state index is -4.40. The monoisotopic (exact) mass is 350 g/mol. The minimum absolute atomic E-state index is 0.130. The highest BCUT2D eigenvalue weighted by molar-refractivity contribution is 5.79. The van der Waals surface area contributed by atoms with Crippen molar-refractivity contribution in [3.63, 3.8) is 0 Å². The smallest absolute Gasteiger partial charge is 0.416 e. The standard InChI is InChI=1S/C18H13F3O4/c1-8-6-9(18(19,20)21)2-5-12(8)24-10-3-4-11-13(7-10)25-16-14(11)15(16)17(22)23/h2-7,14-16H,1H3,(H,22,23). The molecule has 2 aromatic rings. The van der Waals surface area contributed by atoms with E-state index in [0.29, 0.717) is 22.8 Å². The third-order valence-corrected chi connectivity index (χ3v) is 4.58. The van der Waals surface area contributed by atoms with Crippen LogP contribution in [0.4, 0.5) is 13.2 Å². The molecule has 3 unspecified atom stereocenters. The number of carbonyl (C=O) groups is 1. The number of benzene rings is 2. The maximum absolute atomic E-state index is 12.7.